The van der Waals surface area contributed by atoms with E-state index in [-0.39, 0.29) is 11.8 Å². The van der Waals surface area contributed by atoms with Crippen LogP contribution >= 0.6 is 0 Å². The summed E-state index contributed by atoms with van der Waals surface area (Å²) in [6.07, 6.45) is 0.686. The maximum absolute atomic E-state index is 11.8. The number of anilines is 1. The summed E-state index contributed by atoms with van der Waals surface area (Å²) in [5, 5.41) is 4.70. The van der Waals surface area contributed by atoms with Crippen molar-refractivity contribution in [2.45, 2.75) is 40.2 Å². The van der Waals surface area contributed by atoms with Crippen LogP contribution in [0.5, 0.6) is 0 Å². The van der Waals surface area contributed by atoms with Gasteiger partial charge in [0.1, 0.15) is 0 Å². The molecule has 0 bridgehead atoms. The van der Waals surface area contributed by atoms with Gasteiger partial charge in [-0.3, -0.25) is 9.58 Å². The number of piperazine rings is 1. The van der Waals surface area contributed by atoms with Gasteiger partial charge in [0.2, 0.25) is 0 Å². The van der Waals surface area contributed by atoms with Crippen LogP contribution in [0.15, 0.2) is 0 Å². The minimum Gasteiger partial charge on any atom is -0.366 e. The summed E-state index contributed by atoms with van der Waals surface area (Å²) in [6.45, 7) is 14.0. The molecule has 0 N–H and O–H groups in total. The Morgan fingerprint density at radius 3 is 2.38 bits per heavy atom. The molecule has 1 aromatic heterocycles. The van der Waals surface area contributed by atoms with E-state index in [4.69, 9.17) is 5.10 Å². The van der Waals surface area contributed by atoms with E-state index in [1.807, 2.05) is 11.6 Å². The van der Waals surface area contributed by atoms with Gasteiger partial charge in [-0.05, 0) is 26.2 Å². The zero-order chi connectivity index (χ0) is 17.5. The molecule has 3 heterocycles. The van der Waals surface area contributed by atoms with Crippen LogP contribution in [0, 0.1) is 19.8 Å². The lowest BCUT2D eigenvalue weighted by Crippen LogP contribution is -2.47. The van der Waals surface area contributed by atoms with Gasteiger partial charge in [-0.2, -0.15) is 5.10 Å². The summed E-state index contributed by atoms with van der Waals surface area (Å²) in [7, 11) is -2.89. The summed E-state index contributed by atoms with van der Waals surface area (Å²) >= 11 is 0. The van der Waals surface area contributed by atoms with E-state index < -0.39 is 9.84 Å². The molecule has 1 aromatic rings. The van der Waals surface area contributed by atoms with Crippen molar-refractivity contribution >= 4 is 15.5 Å². The molecule has 2 fully saturated rings. The van der Waals surface area contributed by atoms with Gasteiger partial charge < -0.3 is 4.90 Å². The Morgan fingerprint density at radius 1 is 1.17 bits per heavy atom. The van der Waals surface area contributed by atoms with Crippen LogP contribution in [0.1, 0.15) is 37.7 Å². The molecule has 0 amide bonds. The Kier molecular flexibility index (Phi) is 4.93. The van der Waals surface area contributed by atoms with Crippen molar-refractivity contribution in [2.75, 3.05) is 49.1 Å². The number of sulfone groups is 1. The molecule has 1 unspecified atom stereocenters. The molecule has 2 aliphatic rings. The lowest BCUT2D eigenvalue weighted by molar-refractivity contribution is 0.231. The number of hydrogen-bond donors (Lipinski definition) is 0. The summed E-state index contributed by atoms with van der Waals surface area (Å²) in [4.78, 5) is 4.95. The first-order valence-corrected chi connectivity index (χ1v) is 10.8. The lowest BCUT2D eigenvalue weighted by atomic mass is 10.1. The fourth-order valence-electron chi connectivity index (χ4n) is 4.11. The second-order valence-electron chi connectivity index (χ2n) is 7.70. The highest BCUT2D eigenvalue weighted by Crippen LogP contribution is 2.31. The highest BCUT2D eigenvalue weighted by molar-refractivity contribution is 7.91. The average molecular weight is 355 g/mol. The SMILES string of the molecule is Cc1nn(C2CCS(=O)(=O)C2)c(C)c1N1CCN(CC(C)C)CC1. The highest BCUT2D eigenvalue weighted by atomic mass is 32.2. The van der Waals surface area contributed by atoms with E-state index in [0.29, 0.717) is 18.1 Å². The third kappa shape index (κ3) is 3.61. The minimum atomic E-state index is -2.89. The molecule has 6 nitrogen and oxygen atoms in total. The Balaban J connectivity index is 1.74. The maximum Gasteiger partial charge on any atom is 0.152 e. The van der Waals surface area contributed by atoms with Gasteiger partial charge in [0.05, 0.1) is 34.6 Å². The molecule has 0 radical (unpaired) electrons. The van der Waals surface area contributed by atoms with Crippen molar-refractivity contribution in [3.8, 4) is 0 Å². The van der Waals surface area contributed by atoms with Gasteiger partial charge in [0.25, 0.3) is 0 Å². The van der Waals surface area contributed by atoms with Crippen LogP contribution in [0.3, 0.4) is 0 Å². The van der Waals surface area contributed by atoms with Crippen molar-refractivity contribution in [1.82, 2.24) is 14.7 Å². The molecule has 0 saturated carbocycles. The Hall–Kier alpha value is -1.08. The second-order valence-corrected chi connectivity index (χ2v) is 9.93. The third-order valence-corrected chi connectivity index (χ3v) is 6.90. The number of aromatic nitrogens is 2. The minimum absolute atomic E-state index is 0.00433. The summed E-state index contributed by atoms with van der Waals surface area (Å²) in [5.74, 6) is 1.22. The first-order chi connectivity index (χ1) is 11.3. The van der Waals surface area contributed by atoms with E-state index >= 15 is 0 Å². The van der Waals surface area contributed by atoms with Crippen molar-refractivity contribution in [2.24, 2.45) is 5.92 Å². The Bertz CT molecular complexity index is 688. The molecule has 0 aliphatic carbocycles. The number of nitrogens with zero attached hydrogens (tertiary/aromatic N) is 4. The van der Waals surface area contributed by atoms with Crippen molar-refractivity contribution < 1.29 is 8.42 Å². The molecule has 136 valence electrons. The smallest absolute Gasteiger partial charge is 0.152 e. The maximum atomic E-state index is 11.8. The van der Waals surface area contributed by atoms with Crippen LogP contribution < -0.4 is 4.90 Å². The zero-order valence-corrected chi connectivity index (χ0v) is 16.1. The standard InChI is InChI=1S/C17H30N4O2S/c1-13(2)11-19-6-8-20(9-7-19)17-14(3)18-21(15(17)4)16-5-10-24(22,23)12-16/h13,16H,5-12H2,1-4H3. The van der Waals surface area contributed by atoms with Gasteiger partial charge in [-0.1, -0.05) is 13.8 Å². The van der Waals surface area contributed by atoms with E-state index in [1.54, 1.807) is 0 Å². The topological polar surface area (TPSA) is 58.4 Å². The second kappa shape index (κ2) is 6.67. The molecule has 2 saturated heterocycles. The summed E-state index contributed by atoms with van der Waals surface area (Å²) in [5.41, 5.74) is 3.35. The van der Waals surface area contributed by atoms with Gasteiger partial charge in [-0.25, -0.2) is 8.42 Å². The fraction of sp³-hybridized carbons (Fsp3) is 0.824. The molecular weight excluding hydrogens is 324 g/mol. The predicted molar refractivity (Wildman–Crippen MR) is 97.5 cm³/mol. The van der Waals surface area contributed by atoms with E-state index in [0.717, 1.165) is 44.1 Å². The van der Waals surface area contributed by atoms with Crippen LogP contribution in [-0.2, 0) is 9.84 Å². The molecule has 0 aromatic carbocycles. The Labute approximate surface area is 145 Å². The predicted octanol–water partition coefficient (Wildman–Crippen LogP) is 1.64. The average Bonchev–Trinajstić information content (AvgIpc) is 2.99. The Morgan fingerprint density at radius 2 is 1.83 bits per heavy atom. The van der Waals surface area contributed by atoms with E-state index in [2.05, 4.69) is 30.6 Å². The zero-order valence-electron chi connectivity index (χ0n) is 15.3. The van der Waals surface area contributed by atoms with E-state index in [1.165, 1.54) is 5.69 Å². The van der Waals surface area contributed by atoms with Gasteiger partial charge >= 0.3 is 0 Å². The van der Waals surface area contributed by atoms with Crippen LogP contribution in [-0.4, -0.2) is 67.3 Å². The lowest BCUT2D eigenvalue weighted by Gasteiger charge is -2.37. The fourth-order valence-corrected chi connectivity index (χ4v) is 5.80. The van der Waals surface area contributed by atoms with Crippen molar-refractivity contribution in [1.29, 1.82) is 0 Å². The monoisotopic (exact) mass is 354 g/mol. The molecule has 3 rings (SSSR count). The van der Waals surface area contributed by atoms with Gasteiger partial charge in [-0.15, -0.1) is 0 Å². The molecule has 2 aliphatic heterocycles. The quantitative estimate of drug-likeness (QED) is 0.823. The molecule has 1 atom stereocenters. The summed E-state index contributed by atoms with van der Waals surface area (Å²) < 4.78 is 25.5. The normalized spacial score (nSPS) is 24.9. The number of aryl methyl sites for hydroxylation is 1. The van der Waals surface area contributed by atoms with E-state index in [9.17, 15) is 8.42 Å². The first-order valence-electron chi connectivity index (χ1n) is 9.00. The van der Waals surface area contributed by atoms with Crippen LogP contribution in [0.25, 0.3) is 0 Å². The summed E-state index contributed by atoms with van der Waals surface area (Å²) in [6, 6.07) is 0.00433. The van der Waals surface area contributed by atoms with Gasteiger partial charge in [0, 0.05) is 32.7 Å². The molecule has 7 heteroatoms. The largest absolute Gasteiger partial charge is 0.366 e. The highest BCUT2D eigenvalue weighted by Gasteiger charge is 2.32. The van der Waals surface area contributed by atoms with Gasteiger partial charge in [0.15, 0.2) is 9.84 Å². The van der Waals surface area contributed by atoms with Crippen molar-refractivity contribution in [3.63, 3.8) is 0 Å². The van der Waals surface area contributed by atoms with Crippen molar-refractivity contribution in [3.05, 3.63) is 11.4 Å². The molecule has 0 spiro atoms. The molecular formula is C17H30N4O2S. The first kappa shape index (κ1) is 17.7. The third-order valence-electron chi connectivity index (χ3n) is 5.15. The van der Waals surface area contributed by atoms with Crippen LogP contribution in [0.2, 0.25) is 0 Å². The van der Waals surface area contributed by atoms with Crippen LogP contribution in [0.4, 0.5) is 5.69 Å². The molecule has 24 heavy (non-hydrogen) atoms. The number of rotatable bonds is 4. The number of hydrogen-bond acceptors (Lipinski definition) is 5.